The molecule has 0 bridgehead atoms. The zero-order valence-corrected chi connectivity index (χ0v) is 8.02. The van der Waals surface area contributed by atoms with Crippen molar-refractivity contribution in [2.24, 2.45) is 0 Å². The van der Waals surface area contributed by atoms with Crippen LogP contribution in [0.3, 0.4) is 0 Å². The smallest absolute Gasteiger partial charge is 0.0460 e. The quantitative estimate of drug-likeness (QED) is 0.488. The summed E-state index contributed by atoms with van der Waals surface area (Å²) in [6, 6.07) is 3.71. The van der Waals surface area contributed by atoms with Gasteiger partial charge in [-0.15, -0.1) is 0 Å². The highest BCUT2D eigenvalue weighted by Crippen LogP contribution is 2.22. The molecule has 0 saturated carbocycles. The van der Waals surface area contributed by atoms with Crippen LogP contribution < -0.4 is 11.1 Å². The van der Waals surface area contributed by atoms with Crippen molar-refractivity contribution >= 4 is 17.6 Å². The average molecular weight is 177 g/mol. The van der Waals surface area contributed by atoms with Crippen molar-refractivity contribution in [3.63, 3.8) is 0 Å². The van der Waals surface area contributed by atoms with E-state index in [1.807, 2.05) is 19.9 Å². The van der Waals surface area contributed by atoms with Crippen molar-refractivity contribution < 1.29 is 0 Å². The number of aryl methyl sites for hydroxylation is 1. The predicted molar refractivity (Wildman–Crippen MR) is 57.6 cm³/mol. The number of rotatable bonds is 3. The fourth-order valence-electron chi connectivity index (χ4n) is 1.38. The molecule has 0 aliphatic heterocycles. The molecule has 13 heavy (non-hydrogen) atoms. The number of nitrogens with one attached hydrogen (secondary N) is 2. The maximum absolute atomic E-state index is 7.24. The van der Waals surface area contributed by atoms with Gasteiger partial charge in [0.1, 0.15) is 0 Å². The summed E-state index contributed by atoms with van der Waals surface area (Å²) in [7, 11) is 0. The van der Waals surface area contributed by atoms with Crippen LogP contribution in [0.2, 0.25) is 0 Å². The molecule has 0 spiro atoms. The van der Waals surface area contributed by atoms with Crippen LogP contribution in [0.25, 0.3) is 0 Å². The van der Waals surface area contributed by atoms with E-state index in [4.69, 9.17) is 11.1 Å². The van der Waals surface area contributed by atoms with Crippen molar-refractivity contribution in [1.29, 1.82) is 5.41 Å². The van der Waals surface area contributed by atoms with E-state index in [-0.39, 0.29) is 0 Å². The summed E-state index contributed by atoms with van der Waals surface area (Å²) in [6.45, 7) is 4.87. The number of nitrogens with two attached hydrogens (primary N) is 1. The van der Waals surface area contributed by atoms with Crippen LogP contribution in [0.1, 0.15) is 18.1 Å². The lowest BCUT2D eigenvalue weighted by Gasteiger charge is -2.11. The van der Waals surface area contributed by atoms with Crippen molar-refractivity contribution in [1.82, 2.24) is 0 Å². The predicted octanol–water partition coefficient (Wildman–Crippen LogP) is 2.01. The highest BCUT2D eigenvalue weighted by molar-refractivity contribution is 5.88. The molecule has 0 atom stereocenters. The summed E-state index contributed by atoms with van der Waals surface area (Å²) in [5, 5.41) is 10.5. The van der Waals surface area contributed by atoms with Gasteiger partial charge in [0.2, 0.25) is 0 Å². The van der Waals surface area contributed by atoms with Gasteiger partial charge in [0.05, 0.1) is 0 Å². The van der Waals surface area contributed by atoms with Gasteiger partial charge in [0.25, 0.3) is 0 Å². The number of hydrogen-bond acceptors (Lipinski definition) is 3. The van der Waals surface area contributed by atoms with Gasteiger partial charge in [-0.1, -0.05) is 0 Å². The van der Waals surface area contributed by atoms with Crippen LogP contribution in [0, 0.1) is 12.3 Å². The van der Waals surface area contributed by atoms with Crippen molar-refractivity contribution in [3.8, 4) is 0 Å². The largest absolute Gasteiger partial charge is 0.399 e. The number of hydrogen-bond donors (Lipinski definition) is 3. The fourth-order valence-corrected chi connectivity index (χ4v) is 1.38. The molecular weight excluding hydrogens is 162 g/mol. The van der Waals surface area contributed by atoms with Gasteiger partial charge in [-0.05, 0) is 31.5 Å². The van der Waals surface area contributed by atoms with Crippen LogP contribution in [-0.2, 0) is 0 Å². The van der Waals surface area contributed by atoms with Crippen LogP contribution in [-0.4, -0.2) is 12.8 Å². The molecule has 0 saturated heterocycles. The van der Waals surface area contributed by atoms with Crippen LogP contribution >= 0.6 is 0 Å². The molecule has 1 aromatic rings. The van der Waals surface area contributed by atoms with E-state index in [1.165, 1.54) is 6.21 Å². The lowest BCUT2D eigenvalue weighted by molar-refractivity contribution is 1.20. The van der Waals surface area contributed by atoms with Gasteiger partial charge in [0.15, 0.2) is 0 Å². The molecule has 0 aromatic heterocycles. The van der Waals surface area contributed by atoms with E-state index in [0.717, 1.165) is 23.4 Å². The Balaban J connectivity index is 3.21. The third-order valence-corrected chi connectivity index (χ3v) is 1.90. The number of benzene rings is 1. The number of nitrogen functional groups attached to an aromatic ring is 1. The molecule has 3 nitrogen and oxygen atoms in total. The van der Waals surface area contributed by atoms with Crippen molar-refractivity contribution in [2.45, 2.75) is 13.8 Å². The molecule has 0 heterocycles. The first-order valence-electron chi connectivity index (χ1n) is 4.33. The Bertz CT molecular complexity index is 318. The monoisotopic (exact) mass is 177 g/mol. The first-order valence-corrected chi connectivity index (χ1v) is 4.33. The molecule has 1 rings (SSSR count). The van der Waals surface area contributed by atoms with Gasteiger partial charge in [-0.25, -0.2) is 0 Å². The third kappa shape index (κ3) is 1.99. The Morgan fingerprint density at radius 2 is 2.23 bits per heavy atom. The fraction of sp³-hybridized carbons (Fsp3) is 0.300. The van der Waals surface area contributed by atoms with Gasteiger partial charge < -0.3 is 16.5 Å². The van der Waals surface area contributed by atoms with Crippen molar-refractivity contribution in [3.05, 3.63) is 23.3 Å². The molecule has 4 N–H and O–H groups in total. The lowest BCUT2D eigenvalue weighted by atomic mass is 10.1. The molecule has 0 fully saturated rings. The number of anilines is 2. The zero-order valence-electron chi connectivity index (χ0n) is 8.02. The first-order chi connectivity index (χ1) is 6.19. The normalized spacial score (nSPS) is 9.69. The van der Waals surface area contributed by atoms with Crippen LogP contribution in [0.4, 0.5) is 11.4 Å². The van der Waals surface area contributed by atoms with Crippen LogP contribution in [0.15, 0.2) is 12.1 Å². The standard InChI is InChI=1S/C10H15N3/c1-3-13-10-7(2)4-9(12)5-8(10)6-11/h4-6,11,13H,3,12H2,1-2H3. The van der Waals surface area contributed by atoms with E-state index in [9.17, 15) is 0 Å². The Labute approximate surface area is 78.5 Å². The molecule has 70 valence electrons. The average Bonchev–Trinajstić information content (AvgIpc) is 2.09. The molecule has 0 amide bonds. The second-order valence-electron chi connectivity index (χ2n) is 2.98. The SMILES string of the molecule is CCNc1c(C)cc(N)cc1C=N. The Kier molecular flexibility index (Phi) is 2.90. The van der Waals surface area contributed by atoms with Gasteiger partial charge in [-0.3, -0.25) is 0 Å². The van der Waals surface area contributed by atoms with E-state index in [1.54, 1.807) is 6.07 Å². The highest BCUT2D eigenvalue weighted by Gasteiger charge is 2.03. The second-order valence-corrected chi connectivity index (χ2v) is 2.98. The van der Waals surface area contributed by atoms with E-state index < -0.39 is 0 Å². The molecule has 0 radical (unpaired) electrons. The second kappa shape index (κ2) is 3.94. The minimum atomic E-state index is 0.706. The highest BCUT2D eigenvalue weighted by atomic mass is 14.9. The summed E-state index contributed by atoms with van der Waals surface area (Å²) in [5.74, 6) is 0. The minimum absolute atomic E-state index is 0.706. The maximum Gasteiger partial charge on any atom is 0.0460 e. The molecule has 0 aliphatic carbocycles. The maximum atomic E-state index is 7.24. The summed E-state index contributed by atoms with van der Waals surface area (Å²) in [5.41, 5.74) is 9.31. The summed E-state index contributed by atoms with van der Waals surface area (Å²) >= 11 is 0. The molecule has 3 heteroatoms. The Morgan fingerprint density at radius 3 is 2.77 bits per heavy atom. The molecule has 0 aliphatic rings. The molecule has 1 aromatic carbocycles. The Hall–Kier alpha value is -1.51. The minimum Gasteiger partial charge on any atom is -0.399 e. The topological polar surface area (TPSA) is 61.9 Å². The van der Waals surface area contributed by atoms with Gasteiger partial charge in [-0.2, -0.15) is 0 Å². The van der Waals surface area contributed by atoms with E-state index in [0.29, 0.717) is 5.69 Å². The third-order valence-electron chi connectivity index (χ3n) is 1.90. The lowest BCUT2D eigenvalue weighted by Crippen LogP contribution is -2.03. The van der Waals surface area contributed by atoms with Gasteiger partial charge >= 0.3 is 0 Å². The van der Waals surface area contributed by atoms with E-state index >= 15 is 0 Å². The Morgan fingerprint density at radius 1 is 1.54 bits per heavy atom. The first kappa shape index (κ1) is 9.58. The zero-order chi connectivity index (χ0) is 9.84. The summed E-state index contributed by atoms with van der Waals surface area (Å²) in [6.07, 6.45) is 1.32. The molecule has 0 unspecified atom stereocenters. The van der Waals surface area contributed by atoms with Gasteiger partial charge in [0, 0.05) is 29.7 Å². The van der Waals surface area contributed by atoms with E-state index in [2.05, 4.69) is 5.32 Å². The summed E-state index contributed by atoms with van der Waals surface area (Å²) < 4.78 is 0. The molecular formula is C10H15N3. The van der Waals surface area contributed by atoms with Crippen LogP contribution in [0.5, 0.6) is 0 Å². The summed E-state index contributed by atoms with van der Waals surface area (Å²) in [4.78, 5) is 0. The van der Waals surface area contributed by atoms with Crippen molar-refractivity contribution in [2.75, 3.05) is 17.6 Å².